The van der Waals surface area contributed by atoms with Crippen molar-refractivity contribution >= 4 is 24.4 Å². The largest absolute Gasteiger partial charge is 0.496 e. The molecule has 1 aromatic heterocycles. The number of rotatable bonds is 5. The van der Waals surface area contributed by atoms with Gasteiger partial charge in [0.15, 0.2) is 0 Å². The summed E-state index contributed by atoms with van der Waals surface area (Å²) in [5.74, 6) is 0.964. The Morgan fingerprint density at radius 1 is 1.55 bits per heavy atom. The summed E-state index contributed by atoms with van der Waals surface area (Å²) in [6, 6.07) is 5.48. The lowest BCUT2D eigenvalue weighted by atomic mass is 10.1. The Labute approximate surface area is 132 Å². The number of nitrogens with one attached hydrogen (secondary N) is 1. The standard InChI is InChI=1S/C14H16N4O3S/c1-9-16-17-14(22)18(9)15-7-11-4-5-13(20-3)12(6-11)8-21-10(2)19/h4-7H,8H2,1-3H3,(H,17,22)/b15-7-. The second-order valence-electron chi connectivity index (χ2n) is 4.48. The van der Waals surface area contributed by atoms with E-state index in [-0.39, 0.29) is 12.6 Å². The van der Waals surface area contributed by atoms with E-state index < -0.39 is 0 Å². The van der Waals surface area contributed by atoms with Crippen LogP contribution in [-0.4, -0.2) is 34.2 Å². The molecular formula is C14H16N4O3S. The van der Waals surface area contributed by atoms with Crippen LogP contribution in [0, 0.1) is 11.7 Å². The number of carbonyl (C=O) groups is 1. The Morgan fingerprint density at radius 2 is 2.32 bits per heavy atom. The molecule has 0 saturated carbocycles. The van der Waals surface area contributed by atoms with Gasteiger partial charge in [-0.3, -0.25) is 9.89 Å². The topological polar surface area (TPSA) is 81.5 Å². The third kappa shape index (κ3) is 3.79. The van der Waals surface area contributed by atoms with Crippen LogP contribution < -0.4 is 4.74 Å². The highest BCUT2D eigenvalue weighted by molar-refractivity contribution is 7.71. The Hall–Kier alpha value is -2.48. The maximum absolute atomic E-state index is 10.9. The summed E-state index contributed by atoms with van der Waals surface area (Å²) in [5, 5.41) is 10.9. The molecule has 1 N–H and O–H groups in total. The van der Waals surface area contributed by atoms with Gasteiger partial charge in [-0.2, -0.15) is 14.9 Å². The highest BCUT2D eigenvalue weighted by atomic mass is 32.1. The van der Waals surface area contributed by atoms with Gasteiger partial charge in [0, 0.05) is 12.5 Å². The zero-order chi connectivity index (χ0) is 16.1. The number of ether oxygens (including phenoxy) is 2. The van der Waals surface area contributed by atoms with E-state index in [0.717, 1.165) is 11.1 Å². The molecule has 8 heteroatoms. The summed E-state index contributed by atoms with van der Waals surface area (Å²) in [4.78, 5) is 10.9. The normalized spacial score (nSPS) is 10.9. The van der Waals surface area contributed by atoms with E-state index in [1.54, 1.807) is 26.3 Å². The first-order valence-corrected chi connectivity index (χ1v) is 6.90. The lowest BCUT2D eigenvalue weighted by molar-refractivity contribution is -0.142. The number of hydrogen-bond acceptors (Lipinski definition) is 6. The van der Waals surface area contributed by atoms with Crippen molar-refractivity contribution in [2.45, 2.75) is 20.5 Å². The van der Waals surface area contributed by atoms with Crippen molar-refractivity contribution in [1.29, 1.82) is 0 Å². The number of methoxy groups -OCH3 is 1. The van der Waals surface area contributed by atoms with Crippen LogP contribution in [0.1, 0.15) is 23.9 Å². The van der Waals surface area contributed by atoms with Gasteiger partial charge >= 0.3 is 5.97 Å². The van der Waals surface area contributed by atoms with Crippen LogP contribution in [0.3, 0.4) is 0 Å². The van der Waals surface area contributed by atoms with Crippen molar-refractivity contribution in [1.82, 2.24) is 14.9 Å². The van der Waals surface area contributed by atoms with Gasteiger partial charge < -0.3 is 9.47 Å². The van der Waals surface area contributed by atoms with Gasteiger partial charge in [-0.25, -0.2) is 0 Å². The Kier molecular flexibility index (Phi) is 5.05. The minimum absolute atomic E-state index is 0.143. The molecule has 2 rings (SSSR count). The SMILES string of the molecule is COc1ccc(/C=N\n2c(C)n[nH]c2=S)cc1COC(C)=O. The van der Waals surface area contributed by atoms with Crippen LogP contribution in [0.15, 0.2) is 23.3 Å². The summed E-state index contributed by atoms with van der Waals surface area (Å²) in [6.07, 6.45) is 1.65. The molecule has 0 saturated heterocycles. The average Bonchev–Trinajstić information content (AvgIpc) is 2.82. The van der Waals surface area contributed by atoms with E-state index in [1.807, 2.05) is 12.1 Å². The van der Waals surface area contributed by atoms with Crippen molar-refractivity contribution in [3.8, 4) is 5.75 Å². The molecule has 0 atom stereocenters. The molecule has 7 nitrogen and oxygen atoms in total. The van der Waals surface area contributed by atoms with Crippen molar-refractivity contribution in [2.24, 2.45) is 5.10 Å². The predicted molar refractivity (Wildman–Crippen MR) is 83.6 cm³/mol. The maximum Gasteiger partial charge on any atom is 0.302 e. The molecule has 0 amide bonds. The molecule has 0 unspecified atom stereocenters. The number of hydrogen-bond donors (Lipinski definition) is 1. The van der Waals surface area contributed by atoms with E-state index >= 15 is 0 Å². The van der Waals surface area contributed by atoms with E-state index in [0.29, 0.717) is 16.3 Å². The first-order valence-electron chi connectivity index (χ1n) is 6.50. The van der Waals surface area contributed by atoms with Crippen molar-refractivity contribution in [3.05, 3.63) is 39.9 Å². The molecule has 0 aliphatic rings. The first-order chi connectivity index (χ1) is 10.5. The zero-order valence-electron chi connectivity index (χ0n) is 12.5. The number of aromatic amines is 1. The fourth-order valence-corrected chi connectivity index (χ4v) is 2.03. The lowest BCUT2D eigenvalue weighted by Crippen LogP contribution is -2.02. The van der Waals surface area contributed by atoms with Gasteiger partial charge in [-0.15, -0.1) is 0 Å². The molecule has 2 aromatic rings. The molecular weight excluding hydrogens is 304 g/mol. The summed E-state index contributed by atoms with van der Waals surface area (Å²) >= 11 is 5.08. The van der Waals surface area contributed by atoms with E-state index in [4.69, 9.17) is 21.7 Å². The highest BCUT2D eigenvalue weighted by Crippen LogP contribution is 2.20. The Morgan fingerprint density at radius 3 is 2.91 bits per heavy atom. The van der Waals surface area contributed by atoms with Crippen molar-refractivity contribution < 1.29 is 14.3 Å². The second-order valence-corrected chi connectivity index (χ2v) is 4.87. The number of nitrogens with zero attached hydrogens (tertiary/aromatic N) is 3. The summed E-state index contributed by atoms with van der Waals surface area (Å²) in [6.45, 7) is 3.30. The summed E-state index contributed by atoms with van der Waals surface area (Å²) in [7, 11) is 1.56. The fourth-order valence-electron chi connectivity index (χ4n) is 1.80. The number of H-pyrrole nitrogens is 1. The number of aryl methyl sites for hydroxylation is 1. The Balaban J connectivity index is 2.26. The van der Waals surface area contributed by atoms with Crippen LogP contribution in [0.2, 0.25) is 0 Å². The summed E-state index contributed by atoms with van der Waals surface area (Å²) in [5.41, 5.74) is 1.58. The van der Waals surface area contributed by atoms with Gasteiger partial charge in [0.05, 0.1) is 13.3 Å². The van der Waals surface area contributed by atoms with Crippen LogP contribution in [0.5, 0.6) is 5.75 Å². The molecule has 0 fully saturated rings. The quantitative estimate of drug-likeness (QED) is 0.519. The minimum atomic E-state index is -0.346. The first kappa shape index (κ1) is 15.9. The number of carbonyl (C=O) groups excluding carboxylic acids is 1. The predicted octanol–water partition coefficient (Wildman–Crippen LogP) is 2.20. The average molecular weight is 320 g/mol. The Bertz CT molecular complexity index is 764. The van der Waals surface area contributed by atoms with Gasteiger partial charge in [-0.05, 0) is 42.9 Å². The molecule has 0 spiro atoms. The third-order valence-electron chi connectivity index (χ3n) is 2.87. The molecule has 0 bridgehead atoms. The molecule has 1 heterocycles. The van der Waals surface area contributed by atoms with Gasteiger partial charge in [-0.1, -0.05) is 0 Å². The molecule has 1 aromatic carbocycles. The van der Waals surface area contributed by atoms with Crippen molar-refractivity contribution in [2.75, 3.05) is 7.11 Å². The number of esters is 1. The molecule has 116 valence electrons. The van der Waals surface area contributed by atoms with Gasteiger partial charge in [0.25, 0.3) is 0 Å². The monoisotopic (exact) mass is 320 g/mol. The highest BCUT2D eigenvalue weighted by Gasteiger charge is 2.06. The minimum Gasteiger partial charge on any atom is -0.496 e. The zero-order valence-corrected chi connectivity index (χ0v) is 13.3. The van der Waals surface area contributed by atoms with Crippen LogP contribution >= 0.6 is 12.2 Å². The lowest BCUT2D eigenvalue weighted by Gasteiger charge is -2.09. The van der Waals surface area contributed by atoms with E-state index in [2.05, 4.69) is 15.3 Å². The molecule has 0 radical (unpaired) electrons. The van der Waals surface area contributed by atoms with Crippen molar-refractivity contribution in [3.63, 3.8) is 0 Å². The van der Waals surface area contributed by atoms with Crippen LogP contribution in [-0.2, 0) is 16.1 Å². The molecule has 0 aliphatic heterocycles. The smallest absolute Gasteiger partial charge is 0.302 e. The van der Waals surface area contributed by atoms with Crippen LogP contribution in [0.4, 0.5) is 0 Å². The van der Waals surface area contributed by atoms with E-state index in [1.165, 1.54) is 11.6 Å². The van der Waals surface area contributed by atoms with E-state index in [9.17, 15) is 4.79 Å². The van der Waals surface area contributed by atoms with Crippen LogP contribution in [0.25, 0.3) is 0 Å². The molecule has 0 aliphatic carbocycles. The van der Waals surface area contributed by atoms with Gasteiger partial charge in [0.2, 0.25) is 4.77 Å². The fraction of sp³-hybridized carbons (Fsp3) is 0.286. The maximum atomic E-state index is 10.9. The number of benzene rings is 1. The second kappa shape index (κ2) is 6.99. The van der Waals surface area contributed by atoms with Gasteiger partial charge in [0.1, 0.15) is 18.2 Å². The molecule has 22 heavy (non-hydrogen) atoms. The third-order valence-corrected chi connectivity index (χ3v) is 3.13. The summed E-state index contributed by atoms with van der Waals surface area (Å²) < 4.78 is 12.2. The number of aromatic nitrogens is 3.